The first-order valence-electron chi connectivity index (χ1n) is 7.28. The summed E-state index contributed by atoms with van der Waals surface area (Å²) in [4.78, 5) is 16.6. The molecule has 2 N–H and O–H groups in total. The summed E-state index contributed by atoms with van der Waals surface area (Å²) in [6.45, 7) is 5.00. The van der Waals surface area contributed by atoms with Crippen LogP contribution in [-0.4, -0.2) is 37.5 Å². The molecule has 4 heteroatoms. The second-order valence-electron chi connectivity index (χ2n) is 6.16. The number of anilines is 2. The Kier molecular flexibility index (Phi) is 4.21. The van der Waals surface area contributed by atoms with Crippen LogP contribution in [0.2, 0.25) is 0 Å². The van der Waals surface area contributed by atoms with Gasteiger partial charge in [-0.05, 0) is 50.8 Å². The second kappa shape index (κ2) is 5.73. The van der Waals surface area contributed by atoms with Crippen molar-refractivity contribution in [1.29, 1.82) is 0 Å². The first-order valence-corrected chi connectivity index (χ1v) is 7.28. The standard InChI is InChI=1S/C16H25N3O/c1-11(2)19(10-12-5-6-12)16(20)13-7-8-15(18(3)4)14(17)9-13/h7-9,11-12H,5-6,10,17H2,1-4H3. The highest BCUT2D eigenvalue weighted by molar-refractivity contribution is 5.96. The number of amides is 1. The Morgan fingerprint density at radius 1 is 1.35 bits per heavy atom. The lowest BCUT2D eigenvalue weighted by molar-refractivity contribution is 0.0696. The Bertz CT molecular complexity index is 492. The highest BCUT2D eigenvalue weighted by atomic mass is 16.2. The molecule has 2 rings (SSSR count). The summed E-state index contributed by atoms with van der Waals surface area (Å²) >= 11 is 0. The van der Waals surface area contributed by atoms with E-state index in [0.29, 0.717) is 17.2 Å². The molecule has 0 atom stereocenters. The van der Waals surface area contributed by atoms with E-state index < -0.39 is 0 Å². The SMILES string of the molecule is CC(C)N(CC1CC1)C(=O)c1ccc(N(C)C)c(N)c1. The maximum atomic E-state index is 12.6. The van der Waals surface area contributed by atoms with Crippen molar-refractivity contribution in [2.45, 2.75) is 32.7 Å². The van der Waals surface area contributed by atoms with Crippen LogP contribution in [0.3, 0.4) is 0 Å². The molecule has 1 aliphatic carbocycles. The van der Waals surface area contributed by atoms with Crippen LogP contribution in [-0.2, 0) is 0 Å². The largest absolute Gasteiger partial charge is 0.397 e. The minimum Gasteiger partial charge on any atom is -0.397 e. The van der Waals surface area contributed by atoms with Crippen molar-refractivity contribution in [3.05, 3.63) is 23.8 Å². The fraction of sp³-hybridized carbons (Fsp3) is 0.562. The summed E-state index contributed by atoms with van der Waals surface area (Å²) in [6, 6.07) is 5.80. The number of nitrogens with zero attached hydrogens (tertiary/aromatic N) is 2. The van der Waals surface area contributed by atoms with Gasteiger partial charge in [0.15, 0.2) is 0 Å². The number of rotatable bonds is 5. The summed E-state index contributed by atoms with van der Waals surface area (Å²) in [5.74, 6) is 0.781. The minimum absolute atomic E-state index is 0.0870. The van der Waals surface area contributed by atoms with E-state index in [4.69, 9.17) is 5.73 Å². The third-order valence-electron chi connectivity index (χ3n) is 3.79. The average molecular weight is 275 g/mol. The first kappa shape index (κ1) is 14.7. The number of benzene rings is 1. The van der Waals surface area contributed by atoms with Crippen molar-refractivity contribution in [3.8, 4) is 0 Å². The maximum Gasteiger partial charge on any atom is 0.254 e. The summed E-state index contributed by atoms with van der Waals surface area (Å²) < 4.78 is 0. The monoisotopic (exact) mass is 275 g/mol. The number of carbonyl (C=O) groups excluding carboxylic acids is 1. The van der Waals surface area contributed by atoms with E-state index in [1.54, 1.807) is 6.07 Å². The zero-order chi connectivity index (χ0) is 14.9. The predicted octanol–water partition coefficient (Wildman–Crippen LogP) is 2.60. The van der Waals surface area contributed by atoms with Gasteiger partial charge in [0, 0.05) is 32.2 Å². The molecule has 0 radical (unpaired) electrons. The van der Waals surface area contributed by atoms with Crippen LogP contribution in [0, 0.1) is 5.92 Å². The summed E-state index contributed by atoms with van der Waals surface area (Å²) in [6.07, 6.45) is 2.50. The van der Waals surface area contributed by atoms with Gasteiger partial charge in [0.1, 0.15) is 0 Å². The molecule has 0 spiro atoms. The van der Waals surface area contributed by atoms with Crippen LogP contribution < -0.4 is 10.6 Å². The van der Waals surface area contributed by atoms with Gasteiger partial charge >= 0.3 is 0 Å². The Balaban J connectivity index is 2.20. The Hall–Kier alpha value is -1.71. The lowest BCUT2D eigenvalue weighted by Gasteiger charge is -2.27. The van der Waals surface area contributed by atoms with Crippen molar-refractivity contribution in [1.82, 2.24) is 4.90 Å². The van der Waals surface area contributed by atoms with E-state index >= 15 is 0 Å². The average Bonchev–Trinajstić information content (AvgIpc) is 3.18. The fourth-order valence-electron chi connectivity index (χ4n) is 2.37. The highest BCUT2D eigenvalue weighted by Gasteiger charge is 2.28. The Morgan fingerprint density at radius 2 is 2.00 bits per heavy atom. The van der Waals surface area contributed by atoms with Gasteiger partial charge in [-0.3, -0.25) is 4.79 Å². The highest BCUT2D eigenvalue weighted by Crippen LogP contribution is 2.31. The van der Waals surface area contributed by atoms with E-state index in [-0.39, 0.29) is 11.9 Å². The number of hydrogen-bond acceptors (Lipinski definition) is 3. The first-order chi connectivity index (χ1) is 9.40. The fourth-order valence-corrected chi connectivity index (χ4v) is 2.37. The van der Waals surface area contributed by atoms with Gasteiger partial charge < -0.3 is 15.5 Å². The smallest absolute Gasteiger partial charge is 0.254 e. The lowest BCUT2D eigenvalue weighted by atomic mass is 10.1. The Labute approximate surface area is 121 Å². The number of nitrogen functional groups attached to an aromatic ring is 1. The van der Waals surface area contributed by atoms with Crippen molar-refractivity contribution in [3.63, 3.8) is 0 Å². The molecule has 1 aliphatic rings. The van der Waals surface area contributed by atoms with Crippen molar-refractivity contribution >= 4 is 17.3 Å². The van der Waals surface area contributed by atoms with Crippen LogP contribution >= 0.6 is 0 Å². The van der Waals surface area contributed by atoms with Crippen LogP contribution in [0.5, 0.6) is 0 Å². The van der Waals surface area contributed by atoms with Crippen molar-refractivity contribution in [2.24, 2.45) is 5.92 Å². The maximum absolute atomic E-state index is 12.6. The third-order valence-corrected chi connectivity index (χ3v) is 3.79. The molecule has 110 valence electrons. The third kappa shape index (κ3) is 3.24. The molecule has 0 aliphatic heterocycles. The molecule has 0 unspecified atom stereocenters. The molecule has 4 nitrogen and oxygen atoms in total. The molecule has 1 fully saturated rings. The zero-order valence-corrected chi connectivity index (χ0v) is 12.9. The van der Waals surface area contributed by atoms with E-state index in [0.717, 1.165) is 12.2 Å². The summed E-state index contributed by atoms with van der Waals surface area (Å²) in [7, 11) is 3.89. The van der Waals surface area contributed by atoms with Crippen LogP contribution in [0.4, 0.5) is 11.4 Å². The van der Waals surface area contributed by atoms with Gasteiger partial charge in [-0.25, -0.2) is 0 Å². The summed E-state index contributed by atoms with van der Waals surface area (Å²) in [5, 5.41) is 0. The number of nitrogens with two attached hydrogens (primary N) is 1. The predicted molar refractivity (Wildman–Crippen MR) is 84.1 cm³/mol. The van der Waals surface area contributed by atoms with Gasteiger partial charge in [0.05, 0.1) is 11.4 Å². The van der Waals surface area contributed by atoms with Gasteiger partial charge in [-0.15, -0.1) is 0 Å². The number of carbonyl (C=O) groups is 1. The lowest BCUT2D eigenvalue weighted by Crippen LogP contribution is -2.38. The van der Waals surface area contributed by atoms with E-state index in [1.807, 2.05) is 36.0 Å². The van der Waals surface area contributed by atoms with E-state index in [9.17, 15) is 4.79 Å². The van der Waals surface area contributed by atoms with Crippen LogP contribution in [0.15, 0.2) is 18.2 Å². The normalized spacial score (nSPS) is 14.4. The molecule has 1 aromatic carbocycles. The second-order valence-corrected chi connectivity index (χ2v) is 6.16. The molecule has 1 amide bonds. The van der Waals surface area contributed by atoms with Crippen LogP contribution in [0.25, 0.3) is 0 Å². The molecular weight excluding hydrogens is 250 g/mol. The van der Waals surface area contributed by atoms with E-state index in [1.165, 1.54) is 12.8 Å². The van der Waals surface area contributed by atoms with Gasteiger partial charge in [-0.1, -0.05) is 0 Å². The Morgan fingerprint density at radius 3 is 2.45 bits per heavy atom. The number of hydrogen-bond donors (Lipinski definition) is 1. The molecule has 0 saturated heterocycles. The zero-order valence-electron chi connectivity index (χ0n) is 12.9. The van der Waals surface area contributed by atoms with Crippen LogP contribution in [0.1, 0.15) is 37.0 Å². The van der Waals surface area contributed by atoms with E-state index in [2.05, 4.69) is 13.8 Å². The van der Waals surface area contributed by atoms with Gasteiger partial charge in [0.25, 0.3) is 5.91 Å². The molecule has 1 aromatic rings. The molecule has 0 heterocycles. The molecule has 1 saturated carbocycles. The van der Waals surface area contributed by atoms with Crippen molar-refractivity contribution in [2.75, 3.05) is 31.3 Å². The molecule has 0 aromatic heterocycles. The van der Waals surface area contributed by atoms with Gasteiger partial charge in [-0.2, -0.15) is 0 Å². The van der Waals surface area contributed by atoms with Crippen molar-refractivity contribution < 1.29 is 4.79 Å². The quantitative estimate of drug-likeness (QED) is 0.840. The topological polar surface area (TPSA) is 49.6 Å². The summed E-state index contributed by atoms with van der Waals surface area (Å²) in [5.41, 5.74) is 8.31. The molecule has 20 heavy (non-hydrogen) atoms. The minimum atomic E-state index is 0.0870. The molecular formula is C16H25N3O. The molecule has 0 bridgehead atoms. The van der Waals surface area contributed by atoms with Gasteiger partial charge in [0.2, 0.25) is 0 Å².